The number of likely N-dealkylation sites (tertiary alicyclic amines) is 1. The van der Waals surface area contributed by atoms with Gasteiger partial charge >= 0.3 is 6.09 Å². The third-order valence-electron chi connectivity index (χ3n) is 4.29. The first-order valence-corrected chi connectivity index (χ1v) is 9.39. The number of para-hydroxylation sites is 1. The fourth-order valence-electron chi connectivity index (χ4n) is 3.10. The summed E-state index contributed by atoms with van der Waals surface area (Å²) in [7, 11) is 3.47. The Balaban J connectivity index is 1.80. The fourth-order valence-corrected chi connectivity index (χ4v) is 3.10. The van der Waals surface area contributed by atoms with Gasteiger partial charge in [-0.25, -0.2) is 4.79 Å². The van der Waals surface area contributed by atoms with Crippen molar-refractivity contribution in [1.82, 2.24) is 15.5 Å². The van der Waals surface area contributed by atoms with Crippen LogP contribution in [0.2, 0.25) is 0 Å². The number of carbonyl (C=O) groups excluding carboxylic acids is 1. The number of alkyl carbamates (subject to hydrolysis) is 1. The first kappa shape index (κ1) is 20.9. The van der Waals surface area contributed by atoms with E-state index in [9.17, 15) is 4.79 Å². The van der Waals surface area contributed by atoms with Gasteiger partial charge in [0.05, 0.1) is 13.2 Å². The Labute approximate surface area is 162 Å². The molecule has 1 unspecified atom stereocenters. The highest BCUT2D eigenvalue weighted by molar-refractivity contribution is 5.80. The Morgan fingerprint density at radius 3 is 2.74 bits per heavy atom. The molecule has 7 nitrogen and oxygen atoms in total. The number of hydrogen-bond acceptors (Lipinski definition) is 4. The number of rotatable bonds is 5. The number of amides is 1. The number of carbonyl (C=O) groups is 1. The normalized spacial score (nSPS) is 17.6. The van der Waals surface area contributed by atoms with E-state index in [0.29, 0.717) is 6.54 Å². The van der Waals surface area contributed by atoms with Gasteiger partial charge in [-0.2, -0.15) is 0 Å². The summed E-state index contributed by atoms with van der Waals surface area (Å²) in [5.41, 5.74) is 0.673. The quantitative estimate of drug-likeness (QED) is 0.610. The summed E-state index contributed by atoms with van der Waals surface area (Å²) in [4.78, 5) is 18.5. The predicted octanol–water partition coefficient (Wildman–Crippen LogP) is 2.41. The Hall–Kier alpha value is -2.44. The van der Waals surface area contributed by atoms with Crippen molar-refractivity contribution in [3.63, 3.8) is 0 Å². The van der Waals surface area contributed by atoms with Gasteiger partial charge in [0.15, 0.2) is 5.96 Å². The minimum atomic E-state index is -0.488. The van der Waals surface area contributed by atoms with E-state index in [1.807, 2.05) is 39.0 Å². The molecule has 0 aliphatic carbocycles. The van der Waals surface area contributed by atoms with Crippen LogP contribution in [0.5, 0.6) is 5.75 Å². The second kappa shape index (κ2) is 9.48. The third kappa shape index (κ3) is 6.66. The van der Waals surface area contributed by atoms with Gasteiger partial charge in [0, 0.05) is 26.7 Å². The van der Waals surface area contributed by atoms with Crippen molar-refractivity contribution < 1.29 is 14.3 Å². The number of nitrogens with one attached hydrogen (secondary N) is 2. The van der Waals surface area contributed by atoms with Gasteiger partial charge in [-0.3, -0.25) is 4.99 Å². The van der Waals surface area contributed by atoms with Crippen LogP contribution in [0.15, 0.2) is 29.3 Å². The Morgan fingerprint density at radius 1 is 1.33 bits per heavy atom. The summed E-state index contributed by atoms with van der Waals surface area (Å²) in [5.74, 6) is 1.75. The first-order valence-electron chi connectivity index (χ1n) is 9.39. The summed E-state index contributed by atoms with van der Waals surface area (Å²) < 4.78 is 10.7. The molecule has 1 aromatic rings. The van der Waals surface area contributed by atoms with E-state index in [-0.39, 0.29) is 12.1 Å². The van der Waals surface area contributed by atoms with Crippen molar-refractivity contribution >= 4 is 12.1 Å². The molecule has 1 aliphatic rings. The average Bonchev–Trinajstić information content (AvgIpc) is 3.05. The molecular formula is C20H32N4O3. The fraction of sp³-hybridized carbons (Fsp3) is 0.600. The number of ether oxygens (including phenoxy) is 2. The monoisotopic (exact) mass is 376 g/mol. The van der Waals surface area contributed by atoms with E-state index in [4.69, 9.17) is 9.47 Å². The minimum Gasteiger partial charge on any atom is -0.496 e. The van der Waals surface area contributed by atoms with Gasteiger partial charge in [-0.15, -0.1) is 0 Å². The van der Waals surface area contributed by atoms with Gasteiger partial charge in [0.1, 0.15) is 11.4 Å². The number of nitrogens with zero attached hydrogens (tertiary/aromatic N) is 2. The van der Waals surface area contributed by atoms with Gasteiger partial charge in [-0.05, 0) is 45.2 Å². The maximum Gasteiger partial charge on any atom is 0.407 e. The smallest absolute Gasteiger partial charge is 0.407 e. The molecule has 7 heteroatoms. The van der Waals surface area contributed by atoms with E-state index in [1.54, 1.807) is 14.2 Å². The van der Waals surface area contributed by atoms with Crippen molar-refractivity contribution in [1.29, 1.82) is 0 Å². The van der Waals surface area contributed by atoms with Crippen molar-refractivity contribution in [2.75, 3.05) is 33.8 Å². The standard InChI is InChI=1S/C20H32N4O3/c1-20(2,3)27-19(25)23-16-11-13-24(14-16)18(21-4)22-12-10-15-8-6-7-9-17(15)26-5/h6-9,16H,10-14H2,1-5H3,(H,21,22)(H,23,25). The molecule has 150 valence electrons. The van der Waals surface area contributed by atoms with E-state index in [1.165, 1.54) is 0 Å². The minimum absolute atomic E-state index is 0.0626. The molecule has 1 saturated heterocycles. The Bertz CT molecular complexity index is 655. The summed E-state index contributed by atoms with van der Waals surface area (Å²) in [6.45, 7) is 7.90. The lowest BCUT2D eigenvalue weighted by molar-refractivity contribution is 0.0507. The summed E-state index contributed by atoms with van der Waals surface area (Å²) in [5, 5.41) is 6.34. The molecule has 1 heterocycles. The number of methoxy groups -OCH3 is 1. The van der Waals surface area contributed by atoms with Crippen LogP contribution in [-0.4, -0.2) is 62.4 Å². The molecule has 0 spiro atoms. The largest absolute Gasteiger partial charge is 0.496 e. The van der Waals surface area contributed by atoms with Gasteiger partial charge in [0.25, 0.3) is 0 Å². The maximum absolute atomic E-state index is 11.9. The Kier molecular flexibility index (Phi) is 7.33. The summed E-state index contributed by atoms with van der Waals surface area (Å²) >= 11 is 0. The highest BCUT2D eigenvalue weighted by Gasteiger charge is 2.27. The van der Waals surface area contributed by atoms with Crippen LogP contribution >= 0.6 is 0 Å². The molecule has 1 aliphatic heterocycles. The van der Waals surface area contributed by atoms with Gasteiger partial charge in [-0.1, -0.05) is 18.2 Å². The van der Waals surface area contributed by atoms with Crippen molar-refractivity contribution in [2.24, 2.45) is 4.99 Å². The highest BCUT2D eigenvalue weighted by Crippen LogP contribution is 2.17. The molecular weight excluding hydrogens is 344 g/mol. The number of aliphatic imine (C=N–C) groups is 1. The van der Waals surface area contributed by atoms with Crippen LogP contribution in [0, 0.1) is 0 Å². The van der Waals surface area contributed by atoms with Crippen molar-refractivity contribution in [3.05, 3.63) is 29.8 Å². The molecule has 1 fully saturated rings. The molecule has 1 atom stereocenters. The lowest BCUT2D eigenvalue weighted by Gasteiger charge is -2.23. The predicted molar refractivity (Wildman–Crippen MR) is 107 cm³/mol. The second-order valence-corrected chi connectivity index (χ2v) is 7.61. The Morgan fingerprint density at radius 2 is 2.07 bits per heavy atom. The zero-order valence-electron chi connectivity index (χ0n) is 17.0. The van der Waals surface area contributed by atoms with E-state index < -0.39 is 5.60 Å². The molecule has 27 heavy (non-hydrogen) atoms. The molecule has 1 aromatic carbocycles. The first-order chi connectivity index (χ1) is 12.8. The van der Waals surface area contributed by atoms with Gasteiger partial charge in [0.2, 0.25) is 0 Å². The molecule has 0 radical (unpaired) electrons. The van der Waals surface area contributed by atoms with E-state index >= 15 is 0 Å². The van der Waals surface area contributed by atoms with Crippen LogP contribution < -0.4 is 15.4 Å². The van der Waals surface area contributed by atoms with Crippen LogP contribution in [0.25, 0.3) is 0 Å². The van der Waals surface area contributed by atoms with Gasteiger partial charge < -0.3 is 25.0 Å². The molecule has 0 saturated carbocycles. The number of benzene rings is 1. The van der Waals surface area contributed by atoms with Crippen LogP contribution in [0.4, 0.5) is 4.79 Å². The average molecular weight is 377 g/mol. The summed E-state index contributed by atoms with van der Waals surface area (Å²) in [6, 6.07) is 8.08. The summed E-state index contributed by atoms with van der Waals surface area (Å²) in [6.07, 6.45) is 1.34. The number of hydrogen-bond donors (Lipinski definition) is 2. The topological polar surface area (TPSA) is 75.2 Å². The van der Waals surface area contributed by atoms with Crippen LogP contribution in [-0.2, 0) is 11.2 Å². The molecule has 2 rings (SSSR count). The molecule has 1 amide bonds. The highest BCUT2D eigenvalue weighted by atomic mass is 16.6. The molecule has 2 N–H and O–H groups in total. The maximum atomic E-state index is 11.9. The van der Waals surface area contributed by atoms with Crippen molar-refractivity contribution in [3.8, 4) is 5.75 Å². The van der Waals surface area contributed by atoms with E-state index in [0.717, 1.165) is 43.2 Å². The van der Waals surface area contributed by atoms with Crippen molar-refractivity contribution in [2.45, 2.75) is 45.3 Å². The molecule has 0 bridgehead atoms. The second-order valence-electron chi connectivity index (χ2n) is 7.61. The zero-order chi connectivity index (χ0) is 19.9. The molecule has 0 aromatic heterocycles. The SMILES string of the molecule is CN=C(NCCc1ccccc1OC)N1CCC(NC(=O)OC(C)(C)C)C1. The third-order valence-corrected chi connectivity index (χ3v) is 4.29. The van der Waals surface area contributed by atoms with Crippen LogP contribution in [0.3, 0.4) is 0 Å². The van der Waals surface area contributed by atoms with E-state index in [2.05, 4.69) is 26.6 Å². The lowest BCUT2D eigenvalue weighted by Crippen LogP contribution is -2.44. The zero-order valence-corrected chi connectivity index (χ0v) is 17.0. The number of guanidine groups is 1. The van der Waals surface area contributed by atoms with Crippen LogP contribution in [0.1, 0.15) is 32.8 Å². The lowest BCUT2D eigenvalue weighted by atomic mass is 10.1.